The SMILES string of the molecule is CC(C)NS(=O)CCNc1nc(N2CCC3CNCC32)nc2c1CC(F)(F)CC2. The topological polar surface area (TPSA) is 82.2 Å². The molecule has 1 aromatic heterocycles. The van der Waals surface area contributed by atoms with Gasteiger partial charge in [0.1, 0.15) is 5.82 Å². The number of rotatable bonds is 7. The minimum Gasteiger partial charge on any atom is -0.369 e. The first kappa shape index (κ1) is 20.9. The number of aryl methyl sites for hydroxylation is 1. The van der Waals surface area contributed by atoms with Gasteiger partial charge in [-0.3, -0.25) is 0 Å². The lowest BCUT2D eigenvalue weighted by atomic mass is 9.93. The van der Waals surface area contributed by atoms with E-state index in [0.29, 0.717) is 41.6 Å². The lowest BCUT2D eigenvalue weighted by Crippen LogP contribution is -2.37. The van der Waals surface area contributed by atoms with Gasteiger partial charge in [-0.2, -0.15) is 4.98 Å². The summed E-state index contributed by atoms with van der Waals surface area (Å²) < 4.78 is 43.1. The molecule has 3 unspecified atom stereocenters. The van der Waals surface area contributed by atoms with Gasteiger partial charge in [0, 0.05) is 56.7 Å². The van der Waals surface area contributed by atoms with Gasteiger partial charge in [0.25, 0.3) is 5.92 Å². The van der Waals surface area contributed by atoms with Crippen molar-refractivity contribution < 1.29 is 13.0 Å². The van der Waals surface area contributed by atoms with Crippen LogP contribution in [-0.2, 0) is 23.8 Å². The van der Waals surface area contributed by atoms with Crippen LogP contribution in [0.5, 0.6) is 0 Å². The molecule has 2 fully saturated rings. The van der Waals surface area contributed by atoms with Crippen LogP contribution in [0.1, 0.15) is 37.9 Å². The number of alkyl halides is 2. The summed E-state index contributed by atoms with van der Waals surface area (Å²) in [5.74, 6) is -0.653. The van der Waals surface area contributed by atoms with Gasteiger partial charge >= 0.3 is 0 Å². The summed E-state index contributed by atoms with van der Waals surface area (Å²) in [6, 6.07) is 0.491. The van der Waals surface area contributed by atoms with Gasteiger partial charge in [-0.05, 0) is 32.6 Å². The van der Waals surface area contributed by atoms with Crippen LogP contribution in [0.3, 0.4) is 0 Å². The second-order valence-corrected chi connectivity index (χ2v) is 9.88. The van der Waals surface area contributed by atoms with Gasteiger partial charge in [-0.25, -0.2) is 22.7 Å². The number of nitrogens with one attached hydrogen (secondary N) is 3. The van der Waals surface area contributed by atoms with Crippen LogP contribution in [0.4, 0.5) is 20.5 Å². The molecule has 29 heavy (non-hydrogen) atoms. The van der Waals surface area contributed by atoms with Crippen molar-refractivity contribution in [1.29, 1.82) is 0 Å². The number of aromatic nitrogens is 2. The van der Waals surface area contributed by atoms with E-state index in [0.717, 1.165) is 31.7 Å². The Labute approximate surface area is 173 Å². The summed E-state index contributed by atoms with van der Waals surface area (Å²) in [5.41, 5.74) is 1.23. The van der Waals surface area contributed by atoms with Crippen molar-refractivity contribution in [2.24, 2.45) is 5.92 Å². The highest BCUT2D eigenvalue weighted by Gasteiger charge is 2.41. The average molecular weight is 429 g/mol. The first-order valence-corrected chi connectivity index (χ1v) is 11.8. The van der Waals surface area contributed by atoms with Gasteiger partial charge in [0.2, 0.25) is 5.95 Å². The van der Waals surface area contributed by atoms with E-state index in [2.05, 4.69) is 25.2 Å². The monoisotopic (exact) mass is 428 g/mol. The molecule has 3 N–H and O–H groups in total. The number of hydrogen-bond donors (Lipinski definition) is 3. The van der Waals surface area contributed by atoms with Crippen LogP contribution in [0.2, 0.25) is 0 Å². The molecule has 10 heteroatoms. The molecule has 3 aliphatic rings. The Bertz CT molecular complexity index is 777. The molecule has 3 heterocycles. The van der Waals surface area contributed by atoms with Crippen molar-refractivity contribution in [3.8, 4) is 0 Å². The fraction of sp³-hybridized carbons (Fsp3) is 0.789. The van der Waals surface area contributed by atoms with Crippen LogP contribution < -0.4 is 20.3 Å². The molecule has 162 valence electrons. The summed E-state index contributed by atoms with van der Waals surface area (Å²) in [6.07, 6.45) is 0.837. The van der Waals surface area contributed by atoms with E-state index in [1.807, 2.05) is 13.8 Å². The number of halogens is 2. The highest BCUT2D eigenvalue weighted by molar-refractivity contribution is 7.83. The zero-order valence-electron chi connectivity index (χ0n) is 17.0. The van der Waals surface area contributed by atoms with Gasteiger partial charge < -0.3 is 15.5 Å². The molecule has 0 spiro atoms. The third-order valence-electron chi connectivity index (χ3n) is 5.89. The van der Waals surface area contributed by atoms with Crippen molar-refractivity contribution >= 4 is 22.8 Å². The molecule has 0 aromatic carbocycles. The largest absolute Gasteiger partial charge is 0.369 e. The lowest BCUT2D eigenvalue weighted by Gasteiger charge is -2.29. The van der Waals surface area contributed by atoms with Crippen LogP contribution in [0, 0.1) is 5.92 Å². The highest BCUT2D eigenvalue weighted by atomic mass is 32.2. The molecule has 2 aliphatic heterocycles. The van der Waals surface area contributed by atoms with E-state index in [9.17, 15) is 13.0 Å². The van der Waals surface area contributed by atoms with Crippen molar-refractivity contribution in [1.82, 2.24) is 20.0 Å². The summed E-state index contributed by atoms with van der Waals surface area (Å²) in [5, 5.41) is 6.60. The van der Waals surface area contributed by atoms with Crippen LogP contribution in [0.15, 0.2) is 0 Å². The molecule has 1 aromatic rings. The van der Waals surface area contributed by atoms with Crippen molar-refractivity contribution in [2.75, 3.05) is 42.1 Å². The third-order valence-corrected chi connectivity index (χ3v) is 7.20. The van der Waals surface area contributed by atoms with Gasteiger partial charge in [-0.15, -0.1) is 0 Å². The van der Waals surface area contributed by atoms with Gasteiger partial charge in [0.05, 0.1) is 22.4 Å². The maximum absolute atomic E-state index is 14.1. The maximum atomic E-state index is 14.1. The Morgan fingerprint density at radius 2 is 2.17 bits per heavy atom. The Hall–Kier alpha value is -1.39. The quantitative estimate of drug-likeness (QED) is 0.610. The maximum Gasteiger partial charge on any atom is 0.252 e. The Morgan fingerprint density at radius 3 is 2.97 bits per heavy atom. The predicted octanol–water partition coefficient (Wildman–Crippen LogP) is 1.47. The average Bonchev–Trinajstić information content (AvgIpc) is 3.24. The summed E-state index contributed by atoms with van der Waals surface area (Å²) in [6.45, 7) is 7.08. The van der Waals surface area contributed by atoms with Crippen molar-refractivity contribution in [3.63, 3.8) is 0 Å². The number of hydrogen-bond acceptors (Lipinski definition) is 6. The Morgan fingerprint density at radius 1 is 1.34 bits per heavy atom. The second-order valence-electron chi connectivity index (χ2n) is 8.55. The predicted molar refractivity (Wildman–Crippen MR) is 111 cm³/mol. The summed E-state index contributed by atoms with van der Waals surface area (Å²) >= 11 is 0. The normalized spacial score (nSPS) is 26.4. The van der Waals surface area contributed by atoms with Crippen molar-refractivity contribution in [2.45, 2.75) is 57.5 Å². The Balaban J connectivity index is 1.55. The fourth-order valence-corrected chi connectivity index (χ4v) is 5.45. The van der Waals surface area contributed by atoms with E-state index in [4.69, 9.17) is 4.98 Å². The number of fused-ring (bicyclic) bond motifs is 2. The van der Waals surface area contributed by atoms with Crippen molar-refractivity contribution in [3.05, 3.63) is 11.3 Å². The molecule has 1 aliphatic carbocycles. The molecule has 3 atom stereocenters. The standard InChI is InChI=1S/C19H30F2N6OS/c1-12(2)26-29(28)8-6-23-17-14-9-19(20,21)5-3-15(14)24-18(25-17)27-7-4-13-10-22-11-16(13)27/h12-13,16,22,26H,3-11H2,1-2H3,(H,23,24,25). The van der Waals surface area contributed by atoms with E-state index in [-0.39, 0.29) is 25.3 Å². The zero-order chi connectivity index (χ0) is 20.6. The highest BCUT2D eigenvalue weighted by Crippen LogP contribution is 2.37. The van der Waals surface area contributed by atoms with Gasteiger partial charge in [0.15, 0.2) is 0 Å². The molecule has 7 nitrogen and oxygen atoms in total. The van der Waals surface area contributed by atoms with E-state index in [1.165, 1.54) is 0 Å². The molecule has 2 saturated heterocycles. The number of anilines is 2. The molecular weight excluding hydrogens is 398 g/mol. The zero-order valence-corrected chi connectivity index (χ0v) is 17.8. The lowest BCUT2D eigenvalue weighted by molar-refractivity contribution is -0.0127. The molecule has 4 rings (SSSR count). The van der Waals surface area contributed by atoms with Crippen LogP contribution >= 0.6 is 0 Å². The van der Waals surface area contributed by atoms with Crippen LogP contribution in [-0.4, -0.2) is 64.1 Å². The Kier molecular flexibility index (Phi) is 6.04. The van der Waals surface area contributed by atoms with Gasteiger partial charge in [-0.1, -0.05) is 0 Å². The molecule has 0 bridgehead atoms. The smallest absolute Gasteiger partial charge is 0.252 e. The summed E-state index contributed by atoms with van der Waals surface area (Å²) in [4.78, 5) is 11.6. The van der Waals surface area contributed by atoms with E-state index in [1.54, 1.807) is 0 Å². The summed E-state index contributed by atoms with van der Waals surface area (Å²) in [7, 11) is -1.17. The third kappa shape index (κ3) is 4.69. The first-order chi connectivity index (χ1) is 13.8. The second kappa shape index (κ2) is 8.39. The fourth-order valence-electron chi connectivity index (χ4n) is 4.51. The molecule has 0 saturated carbocycles. The first-order valence-electron chi connectivity index (χ1n) is 10.5. The molecular formula is C19H30F2N6OS. The minimum atomic E-state index is -2.73. The number of nitrogens with zero attached hydrogens (tertiary/aromatic N) is 3. The van der Waals surface area contributed by atoms with E-state index >= 15 is 0 Å². The minimum absolute atomic E-state index is 0.121. The van der Waals surface area contributed by atoms with E-state index < -0.39 is 16.9 Å². The van der Waals surface area contributed by atoms with Crippen LogP contribution in [0.25, 0.3) is 0 Å². The molecule has 0 amide bonds. The molecule has 0 radical (unpaired) electrons.